The van der Waals surface area contributed by atoms with Crippen molar-refractivity contribution in [3.8, 4) is 73.6 Å². The van der Waals surface area contributed by atoms with Gasteiger partial charge in [-0.15, -0.1) is 0 Å². The zero-order valence-corrected chi connectivity index (χ0v) is 31.2. The number of furan rings is 1. The first kappa shape index (κ1) is 33.2. The van der Waals surface area contributed by atoms with Gasteiger partial charge >= 0.3 is 0 Å². The van der Waals surface area contributed by atoms with Crippen LogP contribution in [-0.2, 0) is 5.41 Å². The van der Waals surface area contributed by atoms with Crippen LogP contribution in [0.5, 0.6) is 0 Å². The summed E-state index contributed by atoms with van der Waals surface area (Å²) in [6.45, 7) is 0. The number of para-hydroxylation sites is 1. The number of fused-ring (bicyclic) bond motifs is 8. The molecule has 11 rings (SSSR count). The van der Waals surface area contributed by atoms with Gasteiger partial charge in [-0.25, -0.2) is 15.0 Å². The molecule has 9 aromatic rings. The minimum Gasteiger partial charge on any atom is -0.456 e. The molecule has 270 valence electrons. The molecule has 1 spiro atoms. The van der Waals surface area contributed by atoms with Gasteiger partial charge in [0.15, 0.2) is 17.5 Å². The van der Waals surface area contributed by atoms with E-state index in [1.54, 1.807) is 0 Å². The highest BCUT2D eigenvalue weighted by Crippen LogP contribution is 2.56. The average Bonchev–Trinajstić information content (AvgIpc) is 3.78. The SMILES string of the molecule is N#Cc1ccc2c(c1)C1(CCCCC1)c1cc(-c3ccc(-c4nc(-c5ccc(-c6ccccc6)cc5)nc(-c5ccc6c(c5)oc5ccccc56)n4)cc3)ccc1-2. The molecule has 1 saturated carbocycles. The zero-order valence-electron chi connectivity index (χ0n) is 31.2. The largest absolute Gasteiger partial charge is 0.456 e. The Morgan fingerprint density at radius 3 is 1.67 bits per heavy atom. The quantitative estimate of drug-likeness (QED) is 0.176. The van der Waals surface area contributed by atoms with E-state index in [4.69, 9.17) is 19.4 Å². The third kappa shape index (κ3) is 5.56. The Bertz CT molecular complexity index is 3040. The number of hydrogen-bond acceptors (Lipinski definition) is 5. The van der Waals surface area contributed by atoms with Crippen molar-refractivity contribution in [2.24, 2.45) is 0 Å². The van der Waals surface area contributed by atoms with Crippen LogP contribution >= 0.6 is 0 Å². The second-order valence-electron chi connectivity index (χ2n) is 15.4. The third-order valence-electron chi connectivity index (χ3n) is 12.2. The summed E-state index contributed by atoms with van der Waals surface area (Å²) in [5.41, 5.74) is 15.0. The van der Waals surface area contributed by atoms with E-state index in [-0.39, 0.29) is 5.41 Å². The van der Waals surface area contributed by atoms with Crippen LogP contribution < -0.4 is 0 Å². The van der Waals surface area contributed by atoms with Crippen LogP contribution in [0.25, 0.3) is 89.5 Å². The molecule has 5 heteroatoms. The Morgan fingerprint density at radius 1 is 0.439 bits per heavy atom. The zero-order chi connectivity index (χ0) is 37.9. The molecule has 5 nitrogen and oxygen atoms in total. The number of aromatic nitrogens is 3. The van der Waals surface area contributed by atoms with Gasteiger partial charge in [0, 0.05) is 32.9 Å². The van der Waals surface area contributed by atoms with Crippen LogP contribution in [0, 0.1) is 11.3 Å². The first-order valence-electron chi connectivity index (χ1n) is 19.8. The van der Waals surface area contributed by atoms with Crippen molar-refractivity contribution in [2.45, 2.75) is 37.5 Å². The van der Waals surface area contributed by atoms with E-state index >= 15 is 0 Å². The van der Waals surface area contributed by atoms with E-state index in [0.29, 0.717) is 17.5 Å². The summed E-state index contributed by atoms with van der Waals surface area (Å²) in [4.78, 5) is 15.2. The van der Waals surface area contributed by atoms with Gasteiger partial charge in [-0.2, -0.15) is 5.26 Å². The Hall–Kier alpha value is -7.16. The molecule has 0 N–H and O–H groups in total. The number of hydrogen-bond donors (Lipinski definition) is 0. The molecule has 0 radical (unpaired) electrons. The number of rotatable bonds is 5. The summed E-state index contributed by atoms with van der Waals surface area (Å²) in [5.74, 6) is 1.81. The second-order valence-corrected chi connectivity index (χ2v) is 15.4. The summed E-state index contributed by atoms with van der Waals surface area (Å²) in [6, 6.07) is 57.3. The summed E-state index contributed by atoms with van der Waals surface area (Å²) < 4.78 is 6.26. The van der Waals surface area contributed by atoms with Gasteiger partial charge in [-0.1, -0.05) is 141 Å². The van der Waals surface area contributed by atoms with Gasteiger partial charge < -0.3 is 4.42 Å². The lowest BCUT2D eigenvalue weighted by atomic mass is 9.67. The Labute approximate surface area is 331 Å². The van der Waals surface area contributed by atoms with Crippen molar-refractivity contribution in [1.29, 1.82) is 5.26 Å². The highest BCUT2D eigenvalue weighted by molar-refractivity contribution is 6.05. The summed E-state index contributed by atoms with van der Waals surface area (Å²) in [7, 11) is 0. The van der Waals surface area contributed by atoms with Crippen LogP contribution in [0.15, 0.2) is 162 Å². The lowest BCUT2D eigenvalue weighted by Gasteiger charge is -2.36. The molecule has 57 heavy (non-hydrogen) atoms. The van der Waals surface area contributed by atoms with Crippen molar-refractivity contribution < 1.29 is 4.42 Å². The first-order valence-corrected chi connectivity index (χ1v) is 19.8. The molecular weight excluding hydrogens is 697 g/mol. The first-order chi connectivity index (χ1) is 28.1. The molecule has 0 aliphatic heterocycles. The number of nitriles is 1. The van der Waals surface area contributed by atoms with Gasteiger partial charge in [-0.05, 0) is 93.7 Å². The molecule has 7 aromatic carbocycles. The second kappa shape index (κ2) is 13.3. The van der Waals surface area contributed by atoms with Crippen molar-refractivity contribution in [2.75, 3.05) is 0 Å². The van der Waals surface area contributed by atoms with Crippen molar-refractivity contribution in [3.05, 3.63) is 174 Å². The molecule has 1 fully saturated rings. The average molecular weight is 733 g/mol. The fourth-order valence-corrected chi connectivity index (χ4v) is 9.32. The van der Waals surface area contributed by atoms with Gasteiger partial charge in [0.1, 0.15) is 11.2 Å². The highest BCUT2D eigenvalue weighted by Gasteiger charge is 2.44. The Morgan fingerprint density at radius 2 is 0.965 bits per heavy atom. The molecular formula is C52H36N4O. The molecule has 0 saturated heterocycles. The van der Waals surface area contributed by atoms with E-state index in [1.165, 1.54) is 47.1 Å². The molecule has 2 aromatic heterocycles. The van der Waals surface area contributed by atoms with Crippen molar-refractivity contribution in [1.82, 2.24) is 15.0 Å². The van der Waals surface area contributed by atoms with Crippen LogP contribution in [0.4, 0.5) is 0 Å². The Kier molecular flexibility index (Phi) is 7.72. The monoisotopic (exact) mass is 732 g/mol. The number of benzene rings is 7. The van der Waals surface area contributed by atoms with Gasteiger partial charge in [0.05, 0.1) is 11.6 Å². The smallest absolute Gasteiger partial charge is 0.164 e. The van der Waals surface area contributed by atoms with Gasteiger partial charge in [0.25, 0.3) is 0 Å². The molecule has 2 aliphatic carbocycles. The minimum absolute atomic E-state index is 0.0336. The predicted molar refractivity (Wildman–Crippen MR) is 228 cm³/mol. The number of nitrogens with zero attached hydrogens (tertiary/aromatic N) is 4. The normalized spacial score (nSPS) is 14.1. The van der Waals surface area contributed by atoms with Crippen LogP contribution in [0.1, 0.15) is 48.8 Å². The van der Waals surface area contributed by atoms with E-state index in [2.05, 4.69) is 127 Å². The molecule has 2 aliphatic rings. The molecule has 0 amide bonds. The summed E-state index contributed by atoms with van der Waals surface area (Å²) in [6.07, 6.45) is 5.90. The maximum atomic E-state index is 9.76. The van der Waals surface area contributed by atoms with E-state index < -0.39 is 0 Å². The standard InChI is InChI=1S/C52H36N4O/c53-32-33-13-24-41-42-25-22-39(30-46(42)52(45(41)29-33)27-7-2-8-28-52)36-16-20-38(21-17-36)50-54-49(37-18-14-35(15-19-37)34-9-3-1-4-10-34)55-51(56-50)40-23-26-44-43-11-5-6-12-47(43)57-48(44)31-40/h1,3-6,9-26,29-31H,2,7-8,27-28H2. The lowest BCUT2D eigenvalue weighted by molar-refractivity contribution is 0.353. The molecule has 0 atom stereocenters. The Balaban J connectivity index is 0.985. The van der Waals surface area contributed by atoms with Crippen molar-refractivity contribution >= 4 is 21.9 Å². The minimum atomic E-state index is -0.0336. The molecule has 2 heterocycles. The van der Waals surface area contributed by atoms with E-state index in [0.717, 1.165) is 73.7 Å². The molecule has 0 bridgehead atoms. The summed E-state index contributed by atoms with van der Waals surface area (Å²) in [5, 5.41) is 11.9. The van der Waals surface area contributed by atoms with Gasteiger partial charge in [-0.3, -0.25) is 0 Å². The van der Waals surface area contributed by atoms with E-state index in [9.17, 15) is 5.26 Å². The fourth-order valence-electron chi connectivity index (χ4n) is 9.32. The van der Waals surface area contributed by atoms with E-state index in [1.807, 2.05) is 36.4 Å². The maximum absolute atomic E-state index is 9.76. The predicted octanol–water partition coefficient (Wildman–Crippen LogP) is 13.2. The van der Waals surface area contributed by atoms with Crippen molar-refractivity contribution in [3.63, 3.8) is 0 Å². The van der Waals surface area contributed by atoms with Crippen LogP contribution in [0.3, 0.4) is 0 Å². The van der Waals surface area contributed by atoms with Crippen LogP contribution in [-0.4, -0.2) is 15.0 Å². The van der Waals surface area contributed by atoms with Gasteiger partial charge in [0.2, 0.25) is 0 Å². The molecule has 0 unspecified atom stereocenters. The fraction of sp³-hybridized carbons (Fsp3) is 0.115. The maximum Gasteiger partial charge on any atom is 0.164 e. The third-order valence-corrected chi connectivity index (χ3v) is 12.2. The van der Waals surface area contributed by atoms with Crippen LogP contribution in [0.2, 0.25) is 0 Å². The topological polar surface area (TPSA) is 75.6 Å². The lowest BCUT2D eigenvalue weighted by Crippen LogP contribution is -2.28. The highest BCUT2D eigenvalue weighted by atomic mass is 16.3. The summed E-state index contributed by atoms with van der Waals surface area (Å²) >= 11 is 0.